The standard InChI is InChI=1S/C17H15F2NO2S/c1-10(17(22)15-9-12(18)3-8-16(15)19)23-14-6-4-13(5-7-14)20-11(2)21/h3-10H,1-2H3,(H,20,21). The van der Waals surface area contributed by atoms with Crippen molar-refractivity contribution in [3.05, 3.63) is 59.7 Å². The molecule has 23 heavy (non-hydrogen) atoms. The Morgan fingerprint density at radius 2 is 1.74 bits per heavy atom. The molecule has 1 atom stereocenters. The molecule has 0 bridgehead atoms. The zero-order chi connectivity index (χ0) is 17.0. The first-order valence-electron chi connectivity index (χ1n) is 6.90. The van der Waals surface area contributed by atoms with Crippen molar-refractivity contribution in [2.24, 2.45) is 0 Å². The van der Waals surface area contributed by atoms with Gasteiger partial charge in [0.2, 0.25) is 5.91 Å². The van der Waals surface area contributed by atoms with Crippen molar-refractivity contribution in [2.75, 3.05) is 5.32 Å². The maximum Gasteiger partial charge on any atom is 0.221 e. The van der Waals surface area contributed by atoms with Gasteiger partial charge in [0.15, 0.2) is 5.78 Å². The maximum absolute atomic E-state index is 13.7. The van der Waals surface area contributed by atoms with E-state index in [4.69, 9.17) is 0 Å². The summed E-state index contributed by atoms with van der Waals surface area (Å²) in [5, 5.41) is 2.07. The molecule has 120 valence electrons. The third-order valence-electron chi connectivity index (χ3n) is 3.05. The van der Waals surface area contributed by atoms with Crippen molar-refractivity contribution in [2.45, 2.75) is 24.0 Å². The molecule has 0 heterocycles. The van der Waals surface area contributed by atoms with Gasteiger partial charge < -0.3 is 5.32 Å². The average molecular weight is 335 g/mol. The van der Waals surface area contributed by atoms with Crippen LogP contribution >= 0.6 is 11.8 Å². The number of hydrogen-bond acceptors (Lipinski definition) is 3. The first-order chi connectivity index (χ1) is 10.9. The third kappa shape index (κ3) is 4.63. The van der Waals surface area contributed by atoms with E-state index >= 15 is 0 Å². The van der Waals surface area contributed by atoms with E-state index in [0.717, 1.165) is 23.1 Å². The highest BCUT2D eigenvalue weighted by atomic mass is 32.2. The number of benzene rings is 2. The Kier molecular flexibility index (Phi) is 5.50. The maximum atomic E-state index is 13.7. The van der Waals surface area contributed by atoms with E-state index in [1.165, 1.54) is 18.7 Å². The first kappa shape index (κ1) is 17.1. The Labute approximate surface area is 137 Å². The molecule has 0 aliphatic heterocycles. The Bertz CT molecular complexity index is 732. The fraction of sp³-hybridized carbons (Fsp3) is 0.176. The topological polar surface area (TPSA) is 46.2 Å². The van der Waals surface area contributed by atoms with Gasteiger partial charge in [-0.05, 0) is 49.4 Å². The van der Waals surface area contributed by atoms with E-state index in [2.05, 4.69) is 5.32 Å². The van der Waals surface area contributed by atoms with Crippen LogP contribution in [-0.2, 0) is 4.79 Å². The van der Waals surface area contributed by atoms with Crippen molar-refractivity contribution in [1.29, 1.82) is 0 Å². The number of ketones is 1. The number of hydrogen-bond donors (Lipinski definition) is 1. The summed E-state index contributed by atoms with van der Waals surface area (Å²) < 4.78 is 26.8. The van der Waals surface area contributed by atoms with Crippen molar-refractivity contribution in [1.82, 2.24) is 0 Å². The Morgan fingerprint density at radius 3 is 2.35 bits per heavy atom. The van der Waals surface area contributed by atoms with Crippen LogP contribution in [-0.4, -0.2) is 16.9 Å². The highest BCUT2D eigenvalue weighted by Gasteiger charge is 2.20. The van der Waals surface area contributed by atoms with Crippen LogP contribution in [0.3, 0.4) is 0 Å². The van der Waals surface area contributed by atoms with Crippen LogP contribution in [0.25, 0.3) is 0 Å². The van der Waals surface area contributed by atoms with Gasteiger partial charge in [-0.25, -0.2) is 8.78 Å². The van der Waals surface area contributed by atoms with Gasteiger partial charge in [0, 0.05) is 17.5 Å². The Hall–Kier alpha value is -2.21. The molecule has 2 rings (SSSR count). The van der Waals surface area contributed by atoms with Gasteiger partial charge in [-0.15, -0.1) is 11.8 Å². The summed E-state index contributed by atoms with van der Waals surface area (Å²) in [6.07, 6.45) is 0. The van der Waals surface area contributed by atoms with Gasteiger partial charge in [-0.2, -0.15) is 0 Å². The molecule has 1 N–H and O–H groups in total. The fourth-order valence-electron chi connectivity index (χ4n) is 1.98. The highest BCUT2D eigenvalue weighted by Crippen LogP contribution is 2.27. The second kappa shape index (κ2) is 7.37. The smallest absolute Gasteiger partial charge is 0.221 e. The SMILES string of the molecule is CC(=O)Nc1ccc(SC(C)C(=O)c2cc(F)ccc2F)cc1. The first-order valence-corrected chi connectivity index (χ1v) is 7.78. The number of thioether (sulfide) groups is 1. The van der Waals surface area contributed by atoms with Gasteiger partial charge in [0.25, 0.3) is 0 Å². The van der Waals surface area contributed by atoms with Crippen LogP contribution in [0.1, 0.15) is 24.2 Å². The monoisotopic (exact) mass is 335 g/mol. The molecule has 0 radical (unpaired) electrons. The number of halogens is 2. The van der Waals surface area contributed by atoms with Crippen molar-refractivity contribution in [3.63, 3.8) is 0 Å². The molecule has 2 aromatic carbocycles. The predicted octanol–water partition coefficient (Wildman–Crippen LogP) is 4.29. The van der Waals surface area contributed by atoms with E-state index < -0.39 is 22.7 Å². The van der Waals surface area contributed by atoms with Crippen molar-refractivity contribution < 1.29 is 18.4 Å². The summed E-state index contributed by atoms with van der Waals surface area (Å²) in [7, 11) is 0. The van der Waals surface area contributed by atoms with Crippen LogP contribution in [0.2, 0.25) is 0 Å². The molecule has 1 unspecified atom stereocenters. The fourth-order valence-corrected chi connectivity index (χ4v) is 2.92. The van der Waals surface area contributed by atoms with Crippen LogP contribution in [0.4, 0.5) is 14.5 Å². The number of carbonyl (C=O) groups excluding carboxylic acids is 2. The van der Waals surface area contributed by atoms with Crippen LogP contribution in [0.5, 0.6) is 0 Å². The largest absolute Gasteiger partial charge is 0.326 e. The zero-order valence-electron chi connectivity index (χ0n) is 12.6. The molecule has 0 aliphatic carbocycles. The summed E-state index contributed by atoms with van der Waals surface area (Å²) in [5.74, 6) is -2.02. The molecule has 0 aliphatic rings. The van der Waals surface area contributed by atoms with E-state index in [-0.39, 0.29) is 11.5 Å². The van der Waals surface area contributed by atoms with E-state index in [1.807, 2.05) is 0 Å². The molecule has 0 saturated carbocycles. The van der Waals surface area contributed by atoms with Gasteiger partial charge in [-0.1, -0.05) is 0 Å². The van der Waals surface area contributed by atoms with Crippen molar-refractivity contribution in [3.8, 4) is 0 Å². The number of nitrogens with one attached hydrogen (secondary N) is 1. The summed E-state index contributed by atoms with van der Waals surface area (Å²) in [4.78, 5) is 24.0. The molecule has 0 fully saturated rings. The lowest BCUT2D eigenvalue weighted by atomic mass is 10.1. The number of Topliss-reactive ketones (excluding diaryl/α,β-unsaturated/α-hetero) is 1. The Balaban J connectivity index is 2.09. The summed E-state index contributed by atoms with van der Waals surface area (Å²) in [6.45, 7) is 3.05. The van der Waals surface area contributed by atoms with Crippen molar-refractivity contribution >= 4 is 29.1 Å². The van der Waals surface area contributed by atoms with E-state index in [1.54, 1.807) is 31.2 Å². The quantitative estimate of drug-likeness (QED) is 0.655. The second-order valence-corrected chi connectivity index (χ2v) is 6.37. The Morgan fingerprint density at radius 1 is 1.09 bits per heavy atom. The van der Waals surface area contributed by atoms with E-state index in [9.17, 15) is 18.4 Å². The van der Waals surface area contributed by atoms with Crippen LogP contribution in [0, 0.1) is 11.6 Å². The minimum absolute atomic E-state index is 0.171. The van der Waals surface area contributed by atoms with Gasteiger partial charge >= 0.3 is 0 Å². The molecule has 6 heteroatoms. The molecule has 0 aromatic heterocycles. The average Bonchev–Trinajstić information content (AvgIpc) is 2.50. The molecule has 0 saturated heterocycles. The number of amides is 1. The molecule has 3 nitrogen and oxygen atoms in total. The minimum Gasteiger partial charge on any atom is -0.326 e. The van der Waals surface area contributed by atoms with Gasteiger partial charge in [-0.3, -0.25) is 9.59 Å². The summed E-state index contributed by atoms with van der Waals surface area (Å²) in [6, 6.07) is 9.76. The van der Waals surface area contributed by atoms with Gasteiger partial charge in [0.05, 0.1) is 10.8 Å². The highest BCUT2D eigenvalue weighted by molar-refractivity contribution is 8.00. The van der Waals surface area contributed by atoms with Crippen LogP contribution < -0.4 is 5.32 Å². The second-order valence-electron chi connectivity index (χ2n) is 4.95. The lowest BCUT2D eigenvalue weighted by Crippen LogP contribution is -2.15. The normalized spacial score (nSPS) is 11.8. The molecular formula is C17H15F2NO2S. The van der Waals surface area contributed by atoms with E-state index in [0.29, 0.717) is 5.69 Å². The minimum atomic E-state index is -0.732. The summed E-state index contributed by atoms with van der Waals surface area (Å²) >= 11 is 1.24. The molecule has 2 aromatic rings. The number of anilines is 1. The predicted molar refractivity (Wildman–Crippen MR) is 86.8 cm³/mol. The van der Waals surface area contributed by atoms with Gasteiger partial charge in [0.1, 0.15) is 11.6 Å². The molecular weight excluding hydrogens is 320 g/mol. The number of carbonyl (C=O) groups is 2. The van der Waals surface area contributed by atoms with Crippen LogP contribution in [0.15, 0.2) is 47.4 Å². The number of rotatable bonds is 5. The molecule has 1 amide bonds. The zero-order valence-corrected chi connectivity index (χ0v) is 13.4. The third-order valence-corrected chi connectivity index (χ3v) is 4.16. The lowest BCUT2D eigenvalue weighted by molar-refractivity contribution is -0.114. The lowest BCUT2D eigenvalue weighted by Gasteiger charge is -2.11. The summed E-state index contributed by atoms with van der Waals surface area (Å²) in [5.41, 5.74) is 0.400. The molecule has 0 spiro atoms.